The quantitative estimate of drug-likeness (QED) is 0.671. The standard InChI is InChI=1S/C14H14ClF2NO3/c1-7(8-2-3-8)18-13(19)6-21-14(20)9-4-11(16)12(17)5-10(9)15/h4-5,7-8H,2-3,6H2,1H3,(H,18,19)/t7-/m1/s1. The molecule has 1 aliphatic rings. The van der Waals surface area contributed by atoms with Crippen LogP contribution in [0.2, 0.25) is 5.02 Å². The van der Waals surface area contributed by atoms with Crippen molar-refractivity contribution in [2.24, 2.45) is 5.92 Å². The maximum absolute atomic E-state index is 13.1. The molecular formula is C14H14ClF2NO3. The highest BCUT2D eigenvalue weighted by atomic mass is 35.5. The molecule has 4 nitrogen and oxygen atoms in total. The molecule has 0 aromatic heterocycles. The van der Waals surface area contributed by atoms with Gasteiger partial charge in [-0.1, -0.05) is 11.6 Å². The Morgan fingerprint density at radius 1 is 1.38 bits per heavy atom. The first-order valence-corrected chi connectivity index (χ1v) is 6.87. The minimum absolute atomic E-state index is 0.0306. The van der Waals surface area contributed by atoms with E-state index in [2.05, 4.69) is 5.32 Å². The molecule has 1 aromatic rings. The molecule has 2 rings (SSSR count). The first kappa shape index (κ1) is 15.7. The third-order valence-corrected chi connectivity index (χ3v) is 3.59. The van der Waals surface area contributed by atoms with Crippen molar-refractivity contribution >= 4 is 23.5 Å². The number of benzene rings is 1. The number of esters is 1. The third-order valence-electron chi connectivity index (χ3n) is 3.28. The van der Waals surface area contributed by atoms with Gasteiger partial charge >= 0.3 is 5.97 Å². The Bertz CT molecular complexity index is 576. The van der Waals surface area contributed by atoms with Gasteiger partial charge in [-0.3, -0.25) is 4.79 Å². The summed E-state index contributed by atoms with van der Waals surface area (Å²) < 4.78 is 30.7. The van der Waals surface area contributed by atoms with Crippen molar-refractivity contribution in [1.82, 2.24) is 5.32 Å². The van der Waals surface area contributed by atoms with Crippen LogP contribution >= 0.6 is 11.6 Å². The zero-order valence-electron chi connectivity index (χ0n) is 11.3. The number of ether oxygens (including phenoxy) is 1. The Kier molecular flexibility index (Phi) is 4.77. The Hall–Kier alpha value is -1.69. The lowest BCUT2D eigenvalue weighted by atomic mass is 10.2. The molecule has 1 fully saturated rings. The summed E-state index contributed by atoms with van der Waals surface area (Å²) in [6.45, 7) is 1.38. The molecule has 0 aliphatic heterocycles. The zero-order valence-corrected chi connectivity index (χ0v) is 12.0. The van der Waals surface area contributed by atoms with Crippen molar-refractivity contribution < 1.29 is 23.1 Å². The fraction of sp³-hybridized carbons (Fsp3) is 0.429. The Balaban J connectivity index is 1.89. The van der Waals surface area contributed by atoms with Gasteiger partial charge in [0.1, 0.15) is 0 Å². The first-order chi connectivity index (χ1) is 9.88. The highest BCUT2D eigenvalue weighted by Crippen LogP contribution is 2.32. The monoisotopic (exact) mass is 317 g/mol. The van der Waals surface area contributed by atoms with Crippen LogP contribution in [0.1, 0.15) is 30.1 Å². The highest BCUT2D eigenvalue weighted by Gasteiger charge is 2.29. The molecule has 114 valence electrons. The van der Waals surface area contributed by atoms with E-state index in [0.29, 0.717) is 18.1 Å². The van der Waals surface area contributed by atoms with Crippen molar-refractivity contribution in [1.29, 1.82) is 0 Å². The van der Waals surface area contributed by atoms with Gasteiger partial charge in [0, 0.05) is 6.04 Å². The van der Waals surface area contributed by atoms with Crippen LogP contribution in [0.5, 0.6) is 0 Å². The fourth-order valence-corrected chi connectivity index (χ4v) is 2.13. The zero-order chi connectivity index (χ0) is 15.6. The Morgan fingerprint density at radius 2 is 2.00 bits per heavy atom. The van der Waals surface area contributed by atoms with Crippen LogP contribution in [0.25, 0.3) is 0 Å². The van der Waals surface area contributed by atoms with E-state index in [-0.39, 0.29) is 16.6 Å². The normalized spacial score (nSPS) is 15.4. The van der Waals surface area contributed by atoms with E-state index >= 15 is 0 Å². The van der Waals surface area contributed by atoms with Gasteiger partial charge in [-0.2, -0.15) is 0 Å². The van der Waals surface area contributed by atoms with Gasteiger partial charge < -0.3 is 10.1 Å². The molecule has 0 bridgehead atoms. The van der Waals surface area contributed by atoms with Gasteiger partial charge in [0.05, 0.1) is 10.6 Å². The molecule has 0 saturated heterocycles. The van der Waals surface area contributed by atoms with Crippen molar-refractivity contribution in [2.75, 3.05) is 6.61 Å². The number of carbonyl (C=O) groups excluding carboxylic acids is 2. The molecule has 0 spiro atoms. The minimum Gasteiger partial charge on any atom is -0.452 e. The van der Waals surface area contributed by atoms with Gasteiger partial charge in [-0.15, -0.1) is 0 Å². The van der Waals surface area contributed by atoms with Gasteiger partial charge in [-0.25, -0.2) is 13.6 Å². The molecule has 1 atom stereocenters. The minimum atomic E-state index is -1.21. The summed E-state index contributed by atoms with van der Waals surface area (Å²) in [4.78, 5) is 23.3. The van der Waals surface area contributed by atoms with Crippen molar-refractivity contribution in [3.05, 3.63) is 34.4 Å². The number of rotatable bonds is 5. The number of hydrogen-bond donors (Lipinski definition) is 1. The number of halogens is 3. The average Bonchev–Trinajstić information content (AvgIpc) is 3.24. The van der Waals surface area contributed by atoms with Crippen LogP contribution < -0.4 is 5.32 Å². The molecule has 0 unspecified atom stereocenters. The lowest BCUT2D eigenvalue weighted by molar-refractivity contribution is -0.124. The van der Waals surface area contributed by atoms with E-state index < -0.39 is 30.1 Å². The Morgan fingerprint density at radius 3 is 2.62 bits per heavy atom. The van der Waals surface area contributed by atoms with Gasteiger partial charge in [0.2, 0.25) is 0 Å². The average molecular weight is 318 g/mol. The van der Waals surface area contributed by atoms with E-state index in [9.17, 15) is 18.4 Å². The first-order valence-electron chi connectivity index (χ1n) is 6.49. The van der Waals surface area contributed by atoms with E-state index in [1.165, 1.54) is 0 Å². The molecule has 1 amide bonds. The highest BCUT2D eigenvalue weighted by molar-refractivity contribution is 6.33. The van der Waals surface area contributed by atoms with Gasteiger partial charge in [-0.05, 0) is 37.8 Å². The summed E-state index contributed by atoms with van der Waals surface area (Å²) in [5.74, 6) is -3.31. The van der Waals surface area contributed by atoms with E-state index in [1.807, 2.05) is 6.92 Å². The number of nitrogens with one attached hydrogen (secondary N) is 1. The van der Waals surface area contributed by atoms with Gasteiger partial charge in [0.25, 0.3) is 5.91 Å². The molecule has 1 N–H and O–H groups in total. The summed E-state index contributed by atoms with van der Waals surface area (Å²) in [5, 5.41) is 2.43. The van der Waals surface area contributed by atoms with E-state index in [4.69, 9.17) is 16.3 Å². The molecule has 1 aromatic carbocycles. The third kappa shape index (κ3) is 4.14. The van der Waals surface area contributed by atoms with Crippen molar-refractivity contribution in [3.63, 3.8) is 0 Å². The lowest BCUT2D eigenvalue weighted by Gasteiger charge is -2.13. The summed E-state index contributed by atoms with van der Waals surface area (Å²) in [6.07, 6.45) is 2.15. The second kappa shape index (κ2) is 6.39. The molecular weight excluding hydrogens is 304 g/mol. The predicted octanol–water partition coefficient (Wildman–Crippen LogP) is 2.69. The number of carbonyl (C=O) groups is 2. The van der Waals surface area contributed by atoms with Crippen LogP contribution in [-0.4, -0.2) is 24.5 Å². The fourth-order valence-electron chi connectivity index (χ4n) is 1.90. The second-order valence-corrected chi connectivity index (χ2v) is 5.42. The van der Waals surface area contributed by atoms with Crippen molar-refractivity contribution in [3.8, 4) is 0 Å². The molecule has 0 heterocycles. The van der Waals surface area contributed by atoms with Crippen LogP contribution in [0.15, 0.2) is 12.1 Å². The SMILES string of the molecule is C[C@@H](NC(=O)COC(=O)c1cc(F)c(F)cc1Cl)C1CC1. The smallest absolute Gasteiger partial charge is 0.340 e. The van der Waals surface area contributed by atoms with Crippen LogP contribution in [0, 0.1) is 17.6 Å². The summed E-state index contributed by atoms with van der Waals surface area (Å²) >= 11 is 5.64. The summed E-state index contributed by atoms with van der Waals surface area (Å²) in [5.41, 5.74) is -0.321. The number of hydrogen-bond acceptors (Lipinski definition) is 3. The Labute approximate surface area is 125 Å². The largest absolute Gasteiger partial charge is 0.452 e. The summed E-state index contributed by atoms with van der Waals surface area (Å²) in [7, 11) is 0. The lowest BCUT2D eigenvalue weighted by Crippen LogP contribution is -2.37. The molecule has 1 saturated carbocycles. The van der Waals surface area contributed by atoms with Crippen molar-refractivity contribution in [2.45, 2.75) is 25.8 Å². The molecule has 21 heavy (non-hydrogen) atoms. The van der Waals surface area contributed by atoms with Gasteiger partial charge in [0.15, 0.2) is 18.2 Å². The molecule has 7 heteroatoms. The topological polar surface area (TPSA) is 55.4 Å². The number of amides is 1. The maximum Gasteiger partial charge on any atom is 0.340 e. The van der Waals surface area contributed by atoms with E-state index in [0.717, 1.165) is 12.8 Å². The molecule has 1 aliphatic carbocycles. The van der Waals surface area contributed by atoms with Crippen LogP contribution in [0.3, 0.4) is 0 Å². The summed E-state index contributed by atoms with van der Waals surface area (Å²) in [6, 6.07) is 1.36. The predicted molar refractivity (Wildman–Crippen MR) is 72.0 cm³/mol. The molecule has 0 radical (unpaired) electrons. The van der Waals surface area contributed by atoms with E-state index in [1.54, 1.807) is 0 Å². The second-order valence-electron chi connectivity index (χ2n) is 5.02. The maximum atomic E-state index is 13.1. The van der Waals surface area contributed by atoms with Crippen LogP contribution in [-0.2, 0) is 9.53 Å². The van der Waals surface area contributed by atoms with Crippen LogP contribution in [0.4, 0.5) is 8.78 Å².